The summed E-state index contributed by atoms with van der Waals surface area (Å²) in [4.78, 5) is 23.0. The van der Waals surface area contributed by atoms with E-state index in [-0.39, 0.29) is 12.5 Å². The summed E-state index contributed by atoms with van der Waals surface area (Å²) >= 11 is 0. The van der Waals surface area contributed by atoms with E-state index in [2.05, 4.69) is 12.2 Å². The molecule has 1 amide bonds. The van der Waals surface area contributed by atoms with E-state index < -0.39 is 17.9 Å². The van der Waals surface area contributed by atoms with Gasteiger partial charge in [-0.05, 0) is 43.0 Å². The lowest BCUT2D eigenvalue weighted by atomic mass is 10.0. The smallest absolute Gasteiger partial charge is 0.326 e. The number of nitrogens with one attached hydrogen (secondary N) is 1. The molecule has 24 heavy (non-hydrogen) atoms. The summed E-state index contributed by atoms with van der Waals surface area (Å²) in [7, 11) is 0. The van der Waals surface area contributed by atoms with Crippen LogP contribution in [-0.4, -0.2) is 36.2 Å². The van der Waals surface area contributed by atoms with Crippen molar-refractivity contribution < 1.29 is 24.2 Å². The normalized spacial score (nSPS) is 11.8. The van der Waals surface area contributed by atoms with Crippen LogP contribution < -0.4 is 14.8 Å². The highest BCUT2D eigenvalue weighted by atomic mass is 16.5. The number of amides is 1. The summed E-state index contributed by atoms with van der Waals surface area (Å²) in [6, 6.07) is 6.11. The molecule has 0 saturated heterocycles. The molecule has 0 heterocycles. The fourth-order valence-electron chi connectivity index (χ4n) is 2.04. The van der Waals surface area contributed by atoms with Crippen LogP contribution in [0.1, 0.15) is 40.0 Å². The van der Waals surface area contributed by atoms with Gasteiger partial charge in [-0.3, -0.25) is 4.79 Å². The number of unbranched alkanes of at least 4 members (excludes halogenated alkanes) is 1. The van der Waals surface area contributed by atoms with Crippen molar-refractivity contribution in [1.82, 2.24) is 5.32 Å². The molecule has 1 unspecified atom stereocenters. The van der Waals surface area contributed by atoms with Crippen LogP contribution in [0.2, 0.25) is 0 Å². The van der Waals surface area contributed by atoms with Crippen molar-refractivity contribution in [3.05, 3.63) is 24.3 Å². The Morgan fingerprint density at radius 3 is 2.21 bits per heavy atom. The van der Waals surface area contributed by atoms with Gasteiger partial charge in [0, 0.05) is 0 Å². The Bertz CT molecular complexity index is 513. The Balaban J connectivity index is 2.41. The van der Waals surface area contributed by atoms with Gasteiger partial charge in [-0.1, -0.05) is 27.2 Å². The molecule has 0 fully saturated rings. The molecule has 0 aliphatic carbocycles. The maximum absolute atomic E-state index is 11.8. The number of carboxylic acid groups (broad SMARTS) is 1. The lowest BCUT2D eigenvalue weighted by molar-refractivity contribution is -0.142. The summed E-state index contributed by atoms with van der Waals surface area (Å²) in [5.74, 6) is -0.0311. The molecular formula is C18H27NO5. The fraction of sp³-hybridized carbons (Fsp3) is 0.556. The number of carboxylic acids is 1. The topological polar surface area (TPSA) is 84.9 Å². The number of hydrogen-bond acceptors (Lipinski definition) is 4. The van der Waals surface area contributed by atoms with Crippen LogP contribution in [0, 0.1) is 5.92 Å². The van der Waals surface area contributed by atoms with E-state index in [1.807, 2.05) is 13.8 Å². The molecule has 1 aromatic rings. The quantitative estimate of drug-likeness (QED) is 0.607. The maximum atomic E-state index is 11.8. The Hall–Kier alpha value is -2.24. The first-order valence-corrected chi connectivity index (χ1v) is 8.30. The predicted molar refractivity (Wildman–Crippen MR) is 91.4 cm³/mol. The average Bonchev–Trinajstić information content (AvgIpc) is 2.53. The largest absolute Gasteiger partial charge is 0.494 e. The molecule has 0 aromatic heterocycles. The van der Waals surface area contributed by atoms with Crippen LogP contribution in [0.25, 0.3) is 0 Å². The van der Waals surface area contributed by atoms with Gasteiger partial charge in [0.2, 0.25) is 0 Å². The van der Waals surface area contributed by atoms with Crippen LogP contribution in [0.5, 0.6) is 11.5 Å². The molecule has 0 aliphatic rings. The SMILES string of the molecule is CCCCOc1ccc(OCC(=O)NC(CC(C)C)C(=O)O)cc1. The molecule has 1 atom stereocenters. The third-order valence-corrected chi connectivity index (χ3v) is 3.30. The minimum Gasteiger partial charge on any atom is -0.494 e. The number of rotatable bonds is 11. The standard InChI is InChI=1S/C18H27NO5/c1-4-5-10-23-14-6-8-15(9-7-14)24-12-17(20)19-16(18(21)22)11-13(2)3/h6-9,13,16H,4-5,10-12H2,1-3H3,(H,19,20)(H,21,22). The van der Waals surface area contributed by atoms with E-state index >= 15 is 0 Å². The van der Waals surface area contributed by atoms with Gasteiger partial charge >= 0.3 is 5.97 Å². The van der Waals surface area contributed by atoms with E-state index in [0.717, 1.165) is 18.6 Å². The number of aliphatic carboxylic acids is 1. The first kappa shape index (κ1) is 19.8. The summed E-state index contributed by atoms with van der Waals surface area (Å²) < 4.78 is 10.9. The Morgan fingerprint density at radius 1 is 1.12 bits per heavy atom. The zero-order chi connectivity index (χ0) is 17.9. The maximum Gasteiger partial charge on any atom is 0.326 e. The second kappa shape index (κ2) is 10.5. The Labute approximate surface area is 143 Å². The van der Waals surface area contributed by atoms with Crippen molar-refractivity contribution in [2.24, 2.45) is 5.92 Å². The summed E-state index contributed by atoms with van der Waals surface area (Å²) in [6.07, 6.45) is 2.45. The predicted octanol–water partition coefficient (Wildman–Crippen LogP) is 2.86. The molecule has 6 heteroatoms. The van der Waals surface area contributed by atoms with Crippen LogP contribution in [0.4, 0.5) is 0 Å². The van der Waals surface area contributed by atoms with Crippen LogP contribution >= 0.6 is 0 Å². The molecule has 2 N–H and O–H groups in total. The summed E-state index contributed by atoms with van der Waals surface area (Å²) in [6.45, 7) is 6.36. The first-order chi connectivity index (χ1) is 11.4. The van der Waals surface area contributed by atoms with E-state index in [1.54, 1.807) is 24.3 Å². The number of benzene rings is 1. The number of ether oxygens (including phenoxy) is 2. The number of carbonyl (C=O) groups is 2. The molecule has 0 radical (unpaired) electrons. The van der Waals surface area contributed by atoms with Gasteiger partial charge in [0.1, 0.15) is 17.5 Å². The lowest BCUT2D eigenvalue weighted by Gasteiger charge is -2.16. The third-order valence-electron chi connectivity index (χ3n) is 3.30. The van der Waals surface area contributed by atoms with E-state index in [4.69, 9.17) is 14.6 Å². The van der Waals surface area contributed by atoms with Gasteiger partial charge in [0.25, 0.3) is 5.91 Å². The van der Waals surface area contributed by atoms with Crippen molar-refractivity contribution in [2.45, 2.75) is 46.1 Å². The molecule has 6 nitrogen and oxygen atoms in total. The number of hydrogen-bond donors (Lipinski definition) is 2. The molecule has 0 spiro atoms. The van der Waals surface area contributed by atoms with Gasteiger partial charge in [-0.25, -0.2) is 4.79 Å². The highest BCUT2D eigenvalue weighted by molar-refractivity contribution is 5.84. The highest BCUT2D eigenvalue weighted by Gasteiger charge is 2.21. The molecule has 134 valence electrons. The van der Waals surface area contributed by atoms with E-state index in [9.17, 15) is 9.59 Å². The second-order valence-corrected chi connectivity index (χ2v) is 6.05. The van der Waals surface area contributed by atoms with Crippen LogP contribution in [0.15, 0.2) is 24.3 Å². The molecule has 0 bridgehead atoms. The molecule has 0 saturated carbocycles. The van der Waals surface area contributed by atoms with Gasteiger partial charge in [0.15, 0.2) is 6.61 Å². The summed E-state index contributed by atoms with van der Waals surface area (Å²) in [5, 5.41) is 11.6. The van der Waals surface area contributed by atoms with Crippen molar-refractivity contribution in [3.8, 4) is 11.5 Å². The Morgan fingerprint density at radius 2 is 1.71 bits per heavy atom. The number of carbonyl (C=O) groups excluding carboxylic acids is 1. The van der Waals surface area contributed by atoms with Crippen LogP contribution in [-0.2, 0) is 9.59 Å². The van der Waals surface area contributed by atoms with E-state index in [0.29, 0.717) is 18.8 Å². The Kier molecular flexibility index (Phi) is 8.68. The van der Waals surface area contributed by atoms with Crippen LogP contribution in [0.3, 0.4) is 0 Å². The van der Waals surface area contributed by atoms with E-state index in [1.165, 1.54) is 0 Å². The third kappa shape index (κ3) is 7.85. The monoisotopic (exact) mass is 337 g/mol. The van der Waals surface area contributed by atoms with Crippen molar-refractivity contribution in [1.29, 1.82) is 0 Å². The molecule has 0 aliphatic heterocycles. The average molecular weight is 337 g/mol. The molecule has 1 aromatic carbocycles. The fourth-order valence-corrected chi connectivity index (χ4v) is 2.04. The highest BCUT2D eigenvalue weighted by Crippen LogP contribution is 2.17. The lowest BCUT2D eigenvalue weighted by Crippen LogP contribution is -2.43. The molecular weight excluding hydrogens is 310 g/mol. The zero-order valence-corrected chi connectivity index (χ0v) is 14.6. The van der Waals surface area contributed by atoms with Gasteiger partial charge in [0.05, 0.1) is 6.61 Å². The van der Waals surface area contributed by atoms with Gasteiger partial charge in [-0.15, -0.1) is 0 Å². The zero-order valence-electron chi connectivity index (χ0n) is 14.6. The van der Waals surface area contributed by atoms with Gasteiger partial charge < -0.3 is 19.9 Å². The van der Waals surface area contributed by atoms with Crippen molar-refractivity contribution in [3.63, 3.8) is 0 Å². The second-order valence-electron chi connectivity index (χ2n) is 6.05. The minimum atomic E-state index is -1.04. The van der Waals surface area contributed by atoms with Crippen molar-refractivity contribution >= 4 is 11.9 Å². The first-order valence-electron chi connectivity index (χ1n) is 8.30. The minimum absolute atomic E-state index is 0.174. The van der Waals surface area contributed by atoms with Crippen molar-refractivity contribution in [2.75, 3.05) is 13.2 Å². The summed E-state index contributed by atoms with van der Waals surface area (Å²) in [5.41, 5.74) is 0. The molecule has 1 rings (SSSR count). The van der Waals surface area contributed by atoms with Gasteiger partial charge in [-0.2, -0.15) is 0 Å².